The molecule has 0 aliphatic heterocycles. The molecule has 16 heavy (non-hydrogen) atoms. The van der Waals surface area contributed by atoms with Crippen molar-refractivity contribution in [1.29, 1.82) is 0 Å². The first-order valence-corrected chi connectivity index (χ1v) is 6.82. The molecule has 90 valence electrons. The highest BCUT2D eigenvalue weighted by Gasteiger charge is 2.13. The van der Waals surface area contributed by atoms with E-state index in [2.05, 4.69) is 4.72 Å². The molecule has 4 nitrogen and oxygen atoms in total. The average Bonchev–Trinajstić information content (AvgIpc) is 2.19. The Balaban J connectivity index is 2.70. The predicted octanol–water partition coefficient (Wildman–Crippen LogP) is 1.14. The first kappa shape index (κ1) is 13.4. The molecule has 0 saturated carbocycles. The van der Waals surface area contributed by atoms with Crippen LogP contribution in [0.2, 0.25) is 5.02 Å². The molecule has 0 heterocycles. The molecule has 2 N–H and O–H groups in total. The lowest BCUT2D eigenvalue weighted by Gasteiger charge is -2.09. The van der Waals surface area contributed by atoms with Crippen molar-refractivity contribution in [3.63, 3.8) is 0 Å². The van der Waals surface area contributed by atoms with Gasteiger partial charge < -0.3 is 5.11 Å². The Morgan fingerprint density at radius 2 is 2.06 bits per heavy atom. The van der Waals surface area contributed by atoms with E-state index in [1.165, 1.54) is 6.92 Å². The number of aliphatic hydroxyl groups is 1. The van der Waals surface area contributed by atoms with Gasteiger partial charge >= 0.3 is 0 Å². The maximum atomic E-state index is 11.6. The zero-order valence-electron chi connectivity index (χ0n) is 8.85. The van der Waals surface area contributed by atoms with E-state index in [-0.39, 0.29) is 12.3 Å². The monoisotopic (exact) mass is 263 g/mol. The molecular formula is C10H14ClNO3S. The summed E-state index contributed by atoms with van der Waals surface area (Å²) < 4.78 is 25.4. The van der Waals surface area contributed by atoms with Crippen molar-refractivity contribution >= 4 is 21.6 Å². The van der Waals surface area contributed by atoms with Crippen LogP contribution in [0.4, 0.5) is 0 Å². The smallest absolute Gasteiger partial charge is 0.215 e. The van der Waals surface area contributed by atoms with Crippen molar-refractivity contribution in [3.05, 3.63) is 34.9 Å². The molecule has 1 aromatic carbocycles. The van der Waals surface area contributed by atoms with Gasteiger partial charge in [-0.15, -0.1) is 0 Å². The Kier molecular flexibility index (Phi) is 4.73. The van der Waals surface area contributed by atoms with Crippen molar-refractivity contribution in [2.75, 3.05) is 6.54 Å². The van der Waals surface area contributed by atoms with Crippen LogP contribution in [0.5, 0.6) is 0 Å². The van der Waals surface area contributed by atoms with E-state index in [0.717, 1.165) is 0 Å². The highest BCUT2D eigenvalue weighted by Crippen LogP contribution is 2.16. The van der Waals surface area contributed by atoms with Gasteiger partial charge in [0.15, 0.2) is 0 Å². The van der Waals surface area contributed by atoms with Gasteiger partial charge in [0.05, 0.1) is 11.9 Å². The summed E-state index contributed by atoms with van der Waals surface area (Å²) in [5.41, 5.74) is 0.544. The first-order valence-electron chi connectivity index (χ1n) is 4.79. The Bertz CT molecular complexity index is 445. The van der Waals surface area contributed by atoms with Crippen molar-refractivity contribution in [2.45, 2.75) is 18.8 Å². The van der Waals surface area contributed by atoms with Gasteiger partial charge in [0, 0.05) is 11.6 Å². The van der Waals surface area contributed by atoms with E-state index in [4.69, 9.17) is 16.7 Å². The Labute approximate surface area is 100 Å². The summed E-state index contributed by atoms with van der Waals surface area (Å²) >= 11 is 5.85. The molecule has 0 spiro atoms. The van der Waals surface area contributed by atoms with Crippen molar-refractivity contribution < 1.29 is 13.5 Å². The molecular weight excluding hydrogens is 250 g/mol. The van der Waals surface area contributed by atoms with Crippen molar-refractivity contribution in [3.8, 4) is 0 Å². The Morgan fingerprint density at radius 3 is 2.62 bits per heavy atom. The molecule has 1 atom stereocenters. The third-order valence-corrected chi connectivity index (χ3v) is 3.57. The van der Waals surface area contributed by atoms with Crippen LogP contribution in [0.3, 0.4) is 0 Å². The summed E-state index contributed by atoms with van der Waals surface area (Å²) in [5.74, 6) is -0.181. The Morgan fingerprint density at radius 1 is 1.44 bits per heavy atom. The minimum Gasteiger partial charge on any atom is -0.392 e. The van der Waals surface area contributed by atoms with Crippen LogP contribution >= 0.6 is 11.6 Å². The minimum absolute atomic E-state index is 0.00673. The maximum absolute atomic E-state index is 11.6. The molecule has 0 radical (unpaired) electrons. The molecule has 0 fully saturated rings. The summed E-state index contributed by atoms with van der Waals surface area (Å²) in [6, 6.07) is 6.76. The van der Waals surface area contributed by atoms with Crippen LogP contribution in [-0.4, -0.2) is 26.2 Å². The number of hydrogen-bond donors (Lipinski definition) is 2. The van der Waals surface area contributed by atoms with Gasteiger partial charge in [0.1, 0.15) is 0 Å². The molecule has 1 rings (SSSR count). The standard InChI is InChI=1S/C10H14ClNO3S/c1-8(13)6-12-16(14,15)7-9-4-2-3-5-10(9)11/h2-5,8,12-13H,6-7H2,1H3. The molecule has 0 saturated heterocycles. The van der Waals surface area contributed by atoms with Crippen LogP contribution in [0, 0.1) is 0 Å². The van der Waals surface area contributed by atoms with E-state index in [1.807, 2.05) is 0 Å². The molecule has 0 aliphatic rings. The highest BCUT2D eigenvalue weighted by atomic mass is 35.5. The minimum atomic E-state index is -3.45. The Hall–Kier alpha value is -0.620. The fourth-order valence-electron chi connectivity index (χ4n) is 1.12. The van der Waals surface area contributed by atoms with Gasteiger partial charge in [-0.1, -0.05) is 29.8 Å². The second-order valence-electron chi connectivity index (χ2n) is 3.55. The fraction of sp³-hybridized carbons (Fsp3) is 0.400. The number of hydrogen-bond acceptors (Lipinski definition) is 3. The number of aliphatic hydroxyl groups excluding tert-OH is 1. The SMILES string of the molecule is CC(O)CNS(=O)(=O)Cc1ccccc1Cl. The molecule has 0 amide bonds. The van der Waals surface area contributed by atoms with E-state index in [0.29, 0.717) is 10.6 Å². The zero-order chi connectivity index (χ0) is 12.2. The molecule has 1 aromatic rings. The second kappa shape index (κ2) is 5.63. The van der Waals surface area contributed by atoms with Crippen LogP contribution < -0.4 is 4.72 Å². The van der Waals surface area contributed by atoms with Crippen molar-refractivity contribution in [1.82, 2.24) is 4.72 Å². The lowest BCUT2D eigenvalue weighted by atomic mass is 10.2. The van der Waals surface area contributed by atoms with E-state index in [9.17, 15) is 8.42 Å². The second-order valence-corrected chi connectivity index (χ2v) is 5.76. The normalized spacial score (nSPS) is 13.7. The van der Waals surface area contributed by atoms with Gasteiger partial charge in [-0.05, 0) is 18.6 Å². The average molecular weight is 264 g/mol. The fourth-order valence-corrected chi connectivity index (χ4v) is 2.66. The number of rotatable bonds is 5. The summed E-state index contributed by atoms with van der Waals surface area (Å²) in [6.45, 7) is 1.52. The molecule has 0 bridgehead atoms. The number of nitrogens with one attached hydrogen (secondary N) is 1. The van der Waals surface area contributed by atoms with E-state index >= 15 is 0 Å². The number of halogens is 1. The number of sulfonamides is 1. The van der Waals surface area contributed by atoms with Gasteiger partial charge in [0.2, 0.25) is 10.0 Å². The maximum Gasteiger partial charge on any atom is 0.215 e. The lowest BCUT2D eigenvalue weighted by molar-refractivity contribution is 0.198. The summed E-state index contributed by atoms with van der Waals surface area (Å²) in [6.07, 6.45) is -0.707. The molecule has 0 aliphatic carbocycles. The van der Waals surface area contributed by atoms with Crippen LogP contribution in [0.1, 0.15) is 12.5 Å². The molecule has 6 heteroatoms. The van der Waals surface area contributed by atoms with E-state index in [1.54, 1.807) is 24.3 Å². The van der Waals surface area contributed by atoms with Gasteiger partial charge in [-0.2, -0.15) is 0 Å². The lowest BCUT2D eigenvalue weighted by Crippen LogP contribution is -2.31. The van der Waals surface area contributed by atoms with Crippen molar-refractivity contribution in [2.24, 2.45) is 0 Å². The number of benzene rings is 1. The highest BCUT2D eigenvalue weighted by molar-refractivity contribution is 7.88. The topological polar surface area (TPSA) is 66.4 Å². The summed E-state index contributed by atoms with van der Waals surface area (Å²) in [7, 11) is -3.45. The first-order chi connectivity index (χ1) is 7.41. The van der Waals surface area contributed by atoms with Crippen LogP contribution in [-0.2, 0) is 15.8 Å². The third kappa shape index (κ3) is 4.49. The van der Waals surface area contributed by atoms with Gasteiger partial charge in [-0.25, -0.2) is 13.1 Å². The van der Waals surface area contributed by atoms with Crippen LogP contribution in [0.25, 0.3) is 0 Å². The van der Waals surface area contributed by atoms with Crippen LogP contribution in [0.15, 0.2) is 24.3 Å². The summed E-state index contributed by atoms with van der Waals surface area (Å²) in [5, 5.41) is 9.40. The quantitative estimate of drug-likeness (QED) is 0.837. The zero-order valence-corrected chi connectivity index (χ0v) is 10.4. The third-order valence-electron chi connectivity index (χ3n) is 1.90. The molecule has 1 unspecified atom stereocenters. The van der Waals surface area contributed by atoms with Gasteiger partial charge in [0.25, 0.3) is 0 Å². The largest absolute Gasteiger partial charge is 0.392 e. The summed E-state index contributed by atoms with van der Waals surface area (Å²) in [4.78, 5) is 0. The molecule has 0 aromatic heterocycles. The van der Waals surface area contributed by atoms with E-state index < -0.39 is 16.1 Å². The van der Waals surface area contributed by atoms with Gasteiger partial charge in [-0.3, -0.25) is 0 Å². The predicted molar refractivity (Wildman–Crippen MR) is 63.8 cm³/mol.